The van der Waals surface area contributed by atoms with Crippen LogP contribution in [0.1, 0.15) is 25.7 Å². The first-order valence-electron chi connectivity index (χ1n) is 11.5. The topological polar surface area (TPSA) is 101 Å². The number of hydrogen-bond acceptors (Lipinski definition) is 7. The predicted molar refractivity (Wildman–Crippen MR) is 135 cm³/mol. The van der Waals surface area contributed by atoms with Crippen LogP contribution in [-0.2, 0) is 0 Å². The van der Waals surface area contributed by atoms with Crippen molar-refractivity contribution in [3.05, 3.63) is 42.5 Å². The van der Waals surface area contributed by atoms with E-state index in [1.54, 1.807) is 32.4 Å². The normalized spacial score (nSPS) is 17.6. The van der Waals surface area contributed by atoms with Gasteiger partial charge in [0.25, 0.3) is 0 Å². The molecular weight excluding hydrogens is 432 g/mol. The highest BCUT2D eigenvalue weighted by Gasteiger charge is 2.24. The minimum absolute atomic E-state index is 0.108. The second kappa shape index (κ2) is 10.5. The summed E-state index contributed by atoms with van der Waals surface area (Å²) in [6.45, 7) is 0. The molecule has 1 aliphatic carbocycles. The molecule has 1 saturated carbocycles. The van der Waals surface area contributed by atoms with Gasteiger partial charge in [0, 0.05) is 37.6 Å². The summed E-state index contributed by atoms with van der Waals surface area (Å²) in [4.78, 5) is 24.0. The van der Waals surface area contributed by atoms with Gasteiger partial charge in [-0.25, -0.2) is 9.78 Å². The number of ether oxygens (including phenoxy) is 2. The van der Waals surface area contributed by atoms with Gasteiger partial charge in [-0.2, -0.15) is 4.98 Å². The van der Waals surface area contributed by atoms with E-state index < -0.39 is 0 Å². The van der Waals surface area contributed by atoms with Gasteiger partial charge < -0.3 is 30.3 Å². The molecule has 4 rings (SSSR count). The molecule has 0 aliphatic heterocycles. The number of rotatable bonds is 7. The molecule has 0 bridgehead atoms. The summed E-state index contributed by atoms with van der Waals surface area (Å²) in [6, 6.07) is 13.5. The van der Waals surface area contributed by atoms with Crippen molar-refractivity contribution in [3.8, 4) is 11.5 Å². The zero-order valence-electron chi connectivity index (χ0n) is 20.1. The molecule has 0 saturated heterocycles. The smallest absolute Gasteiger partial charge is 0.319 e. The van der Waals surface area contributed by atoms with Gasteiger partial charge in [0.1, 0.15) is 17.3 Å². The molecule has 0 atom stereocenters. The van der Waals surface area contributed by atoms with Gasteiger partial charge in [0.05, 0.1) is 25.4 Å². The molecule has 0 spiro atoms. The SMILES string of the molecule is COc1ccc(NC(=O)NC2CCC(Nc3nc(N(C)C)c4ccccc4n3)CC2)c(OC)c1. The maximum absolute atomic E-state index is 12.6. The molecule has 0 unspecified atom stereocenters. The zero-order valence-corrected chi connectivity index (χ0v) is 20.1. The van der Waals surface area contributed by atoms with E-state index in [9.17, 15) is 4.79 Å². The fourth-order valence-corrected chi connectivity index (χ4v) is 4.28. The summed E-state index contributed by atoms with van der Waals surface area (Å²) in [7, 11) is 7.13. The van der Waals surface area contributed by atoms with E-state index in [-0.39, 0.29) is 18.1 Å². The van der Waals surface area contributed by atoms with Crippen LogP contribution in [0, 0.1) is 0 Å². The highest BCUT2D eigenvalue weighted by molar-refractivity contribution is 5.91. The molecule has 1 aromatic heterocycles. The fourth-order valence-electron chi connectivity index (χ4n) is 4.28. The number of nitrogens with one attached hydrogen (secondary N) is 3. The summed E-state index contributed by atoms with van der Waals surface area (Å²) < 4.78 is 10.6. The highest BCUT2D eigenvalue weighted by atomic mass is 16.5. The van der Waals surface area contributed by atoms with Crippen LogP contribution in [0.25, 0.3) is 10.9 Å². The van der Waals surface area contributed by atoms with Crippen molar-refractivity contribution in [3.63, 3.8) is 0 Å². The Kier molecular flexibility index (Phi) is 7.20. The van der Waals surface area contributed by atoms with Gasteiger partial charge in [0.2, 0.25) is 5.95 Å². The minimum atomic E-state index is -0.242. The number of urea groups is 1. The highest BCUT2D eigenvalue weighted by Crippen LogP contribution is 2.29. The van der Waals surface area contributed by atoms with Crippen LogP contribution in [0.4, 0.5) is 22.2 Å². The zero-order chi connectivity index (χ0) is 24.1. The molecule has 0 radical (unpaired) electrons. The first-order chi connectivity index (χ1) is 16.5. The third-order valence-corrected chi connectivity index (χ3v) is 6.06. The number of methoxy groups -OCH3 is 2. The van der Waals surface area contributed by atoms with Gasteiger partial charge in [-0.15, -0.1) is 0 Å². The van der Waals surface area contributed by atoms with Crippen molar-refractivity contribution in [2.75, 3.05) is 43.8 Å². The number of anilines is 3. The number of carbonyl (C=O) groups excluding carboxylic acids is 1. The van der Waals surface area contributed by atoms with Crippen molar-refractivity contribution in [1.82, 2.24) is 15.3 Å². The molecular formula is C25H32N6O3. The quantitative estimate of drug-likeness (QED) is 0.480. The number of benzene rings is 2. The van der Waals surface area contributed by atoms with Crippen LogP contribution >= 0.6 is 0 Å². The Morgan fingerprint density at radius 3 is 2.41 bits per heavy atom. The number of hydrogen-bond donors (Lipinski definition) is 3. The van der Waals surface area contributed by atoms with Crippen LogP contribution in [0.3, 0.4) is 0 Å². The van der Waals surface area contributed by atoms with Gasteiger partial charge in [-0.05, 0) is 49.9 Å². The number of fused-ring (bicyclic) bond motifs is 1. The van der Waals surface area contributed by atoms with E-state index in [0.29, 0.717) is 23.1 Å². The van der Waals surface area contributed by atoms with Crippen LogP contribution < -0.4 is 30.3 Å². The van der Waals surface area contributed by atoms with E-state index in [0.717, 1.165) is 42.4 Å². The molecule has 3 N–H and O–H groups in total. The molecule has 1 heterocycles. The minimum Gasteiger partial charge on any atom is -0.497 e. The first-order valence-corrected chi connectivity index (χ1v) is 11.5. The Balaban J connectivity index is 1.32. The fraction of sp³-hybridized carbons (Fsp3) is 0.400. The average molecular weight is 465 g/mol. The van der Waals surface area contributed by atoms with E-state index in [4.69, 9.17) is 19.4 Å². The van der Waals surface area contributed by atoms with Crippen molar-refractivity contribution < 1.29 is 14.3 Å². The standard InChI is InChI=1S/C25H32N6O3/c1-31(2)23-19-7-5-6-8-20(19)28-24(30-23)26-16-9-11-17(12-10-16)27-25(32)29-21-14-13-18(33-3)15-22(21)34-4/h5-8,13-17H,9-12H2,1-4H3,(H,26,28,30)(H2,27,29,32). The summed E-state index contributed by atoms with van der Waals surface area (Å²) in [5.74, 6) is 2.76. The second-order valence-corrected chi connectivity index (χ2v) is 8.64. The number of amides is 2. The molecule has 2 amide bonds. The molecule has 34 heavy (non-hydrogen) atoms. The van der Waals surface area contributed by atoms with Crippen molar-refractivity contribution >= 4 is 34.4 Å². The lowest BCUT2D eigenvalue weighted by Gasteiger charge is -2.30. The van der Waals surface area contributed by atoms with Crippen molar-refractivity contribution in [2.45, 2.75) is 37.8 Å². The lowest BCUT2D eigenvalue weighted by molar-refractivity contribution is 0.243. The van der Waals surface area contributed by atoms with E-state index in [2.05, 4.69) is 16.0 Å². The van der Waals surface area contributed by atoms with E-state index in [1.165, 1.54) is 0 Å². The van der Waals surface area contributed by atoms with Crippen molar-refractivity contribution in [2.24, 2.45) is 0 Å². The second-order valence-electron chi connectivity index (χ2n) is 8.64. The lowest BCUT2D eigenvalue weighted by Crippen LogP contribution is -2.42. The largest absolute Gasteiger partial charge is 0.497 e. The third-order valence-electron chi connectivity index (χ3n) is 6.06. The maximum Gasteiger partial charge on any atom is 0.319 e. The molecule has 9 heteroatoms. The van der Waals surface area contributed by atoms with E-state index >= 15 is 0 Å². The molecule has 180 valence electrons. The molecule has 9 nitrogen and oxygen atoms in total. The summed E-state index contributed by atoms with van der Waals surface area (Å²) in [5.41, 5.74) is 1.52. The number of aromatic nitrogens is 2. The van der Waals surface area contributed by atoms with Crippen LogP contribution in [0.5, 0.6) is 11.5 Å². The van der Waals surface area contributed by atoms with Gasteiger partial charge in [0.15, 0.2) is 0 Å². The summed E-state index contributed by atoms with van der Waals surface area (Å²) >= 11 is 0. The van der Waals surface area contributed by atoms with E-state index in [1.807, 2.05) is 43.3 Å². The molecule has 3 aromatic rings. The first kappa shape index (κ1) is 23.4. The number of carbonyl (C=O) groups is 1. The van der Waals surface area contributed by atoms with Crippen molar-refractivity contribution in [1.29, 1.82) is 0 Å². The summed E-state index contributed by atoms with van der Waals surface area (Å²) in [5, 5.41) is 10.5. The third kappa shape index (κ3) is 5.41. The molecule has 2 aromatic carbocycles. The van der Waals surface area contributed by atoms with Gasteiger partial charge in [-0.3, -0.25) is 0 Å². The van der Waals surface area contributed by atoms with Crippen LogP contribution in [-0.4, -0.2) is 56.4 Å². The average Bonchev–Trinajstić information content (AvgIpc) is 2.85. The summed E-state index contributed by atoms with van der Waals surface area (Å²) in [6.07, 6.45) is 3.59. The Labute approximate surface area is 199 Å². The monoisotopic (exact) mass is 464 g/mol. The Hall–Kier alpha value is -3.75. The predicted octanol–water partition coefficient (Wildman–Crippen LogP) is 4.26. The Morgan fingerprint density at radius 1 is 0.971 bits per heavy atom. The lowest BCUT2D eigenvalue weighted by atomic mass is 9.91. The molecule has 1 fully saturated rings. The van der Waals surface area contributed by atoms with Crippen LogP contribution in [0.15, 0.2) is 42.5 Å². The number of para-hydroxylation sites is 1. The van der Waals surface area contributed by atoms with Gasteiger partial charge >= 0.3 is 6.03 Å². The van der Waals surface area contributed by atoms with Crippen LogP contribution in [0.2, 0.25) is 0 Å². The van der Waals surface area contributed by atoms with Gasteiger partial charge in [-0.1, -0.05) is 12.1 Å². The molecule has 1 aliphatic rings. The number of nitrogens with zero attached hydrogens (tertiary/aromatic N) is 3. The Morgan fingerprint density at radius 2 is 1.71 bits per heavy atom. The maximum atomic E-state index is 12.6. The Bertz CT molecular complexity index is 1140.